The largest absolute Gasteiger partial charge is 0.355 e. The second-order valence-electron chi connectivity index (χ2n) is 6.12. The van der Waals surface area contributed by atoms with Gasteiger partial charge in [-0.15, -0.1) is 0 Å². The van der Waals surface area contributed by atoms with E-state index in [-0.39, 0.29) is 11.8 Å². The molecule has 0 fully saturated rings. The maximum atomic E-state index is 12.1. The molecular formula is C21H24N2O2. The number of carbonyl (C=O) groups is 2. The Bertz CT molecular complexity index is 823. The van der Waals surface area contributed by atoms with Crippen LogP contribution in [-0.2, 0) is 11.3 Å². The van der Waals surface area contributed by atoms with Crippen LogP contribution in [0.2, 0.25) is 0 Å². The molecule has 0 saturated heterocycles. The van der Waals surface area contributed by atoms with E-state index in [0.29, 0.717) is 12.1 Å². The monoisotopic (exact) mass is 336 g/mol. The molecule has 2 rings (SSSR count). The predicted octanol–water partition coefficient (Wildman–Crippen LogP) is 3.30. The van der Waals surface area contributed by atoms with Crippen LogP contribution in [0.4, 0.5) is 0 Å². The summed E-state index contributed by atoms with van der Waals surface area (Å²) in [7, 11) is 1.59. The summed E-state index contributed by atoms with van der Waals surface area (Å²) in [6, 6.07) is 11.4. The standard InChI is InChI=1S/C21H24N2O2/c1-14-10-16(3)18(11-15(14)2)8-9-20(24)23-13-17-6-5-7-19(12-17)21(25)22-4/h5-12H,13H2,1-4H3,(H,22,25)(H,23,24). The number of hydrogen-bond acceptors (Lipinski definition) is 2. The van der Waals surface area contributed by atoms with Crippen molar-refractivity contribution in [2.75, 3.05) is 7.05 Å². The van der Waals surface area contributed by atoms with Gasteiger partial charge < -0.3 is 10.6 Å². The van der Waals surface area contributed by atoms with Crippen molar-refractivity contribution >= 4 is 17.9 Å². The van der Waals surface area contributed by atoms with Gasteiger partial charge in [-0.1, -0.05) is 24.3 Å². The number of hydrogen-bond donors (Lipinski definition) is 2. The van der Waals surface area contributed by atoms with Crippen molar-refractivity contribution in [3.63, 3.8) is 0 Å². The van der Waals surface area contributed by atoms with Crippen molar-refractivity contribution in [3.05, 3.63) is 75.9 Å². The Morgan fingerprint density at radius 3 is 2.44 bits per heavy atom. The molecule has 0 aliphatic carbocycles. The van der Waals surface area contributed by atoms with Crippen molar-refractivity contribution in [2.24, 2.45) is 0 Å². The van der Waals surface area contributed by atoms with Gasteiger partial charge in [0, 0.05) is 25.2 Å². The Labute approximate surface area is 149 Å². The fraction of sp³-hybridized carbons (Fsp3) is 0.238. The van der Waals surface area contributed by atoms with Gasteiger partial charge in [-0.05, 0) is 66.8 Å². The second kappa shape index (κ2) is 8.29. The highest BCUT2D eigenvalue weighted by Gasteiger charge is 2.04. The summed E-state index contributed by atoms with van der Waals surface area (Å²) in [5.74, 6) is -0.304. The summed E-state index contributed by atoms with van der Waals surface area (Å²) >= 11 is 0. The zero-order chi connectivity index (χ0) is 18.4. The van der Waals surface area contributed by atoms with Crippen molar-refractivity contribution in [3.8, 4) is 0 Å². The Hall–Kier alpha value is -2.88. The SMILES string of the molecule is CNC(=O)c1cccc(CNC(=O)C=Cc2cc(C)c(C)cc2C)c1. The summed E-state index contributed by atoms with van der Waals surface area (Å²) in [5, 5.41) is 5.43. The molecule has 0 spiro atoms. The highest BCUT2D eigenvalue weighted by atomic mass is 16.2. The molecule has 0 saturated carbocycles. The summed E-state index contributed by atoms with van der Waals surface area (Å²) in [6.45, 7) is 6.55. The minimum Gasteiger partial charge on any atom is -0.355 e. The van der Waals surface area contributed by atoms with E-state index >= 15 is 0 Å². The lowest BCUT2D eigenvalue weighted by Crippen LogP contribution is -2.21. The number of aryl methyl sites for hydroxylation is 3. The van der Waals surface area contributed by atoms with Crippen molar-refractivity contribution in [1.82, 2.24) is 10.6 Å². The average molecular weight is 336 g/mol. The van der Waals surface area contributed by atoms with Gasteiger partial charge in [-0.3, -0.25) is 9.59 Å². The van der Waals surface area contributed by atoms with E-state index in [1.54, 1.807) is 31.3 Å². The van der Waals surface area contributed by atoms with Crippen LogP contribution in [0, 0.1) is 20.8 Å². The average Bonchev–Trinajstić information content (AvgIpc) is 2.61. The molecular weight excluding hydrogens is 312 g/mol. The molecule has 2 amide bonds. The topological polar surface area (TPSA) is 58.2 Å². The molecule has 0 aliphatic heterocycles. The number of carbonyl (C=O) groups excluding carboxylic acids is 2. The van der Waals surface area contributed by atoms with Gasteiger partial charge in [-0.25, -0.2) is 0 Å². The summed E-state index contributed by atoms with van der Waals surface area (Å²) in [6.07, 6.45) is 3.37. The normalized spacial score (nSPS) is 10.7. The van der Waals surface area contributed by atoms with E-state index in [1.165, 1.54) is 11.1 Å². The van der Waals surface area contributed by atoms with Gasteiger partial charge in [0.2, 0.25) is 5.91 Å². The quantitative estimate of drug-likeness (QED) is 0.823. The molecule has 0 radical (unpaired) electrons. The molecule has 4 nitrogen and oxygen atoms in total. The zero-order valence-electron chi connectivity index (χ0n) is 15.1. The number of nitrogens with one attached hydrogen (secondary N) is 2. The van der Waals surface area contributed by atoms with E-state index in [0.717, 1.165) is 16.7 Å². The van der Waals surface area contributed by atoms with Gasteiger partial charge in [0.25, 0.3) is 5.91 Å². The van der Waals surface area contributed by atoms with Gasteiger partial charge in [0.1, 0.15) is 0 Å². The maximum absolute atomic E-state index is 12.1. The van der Waals surface area contributed by atoms with Crippen LogP contribution >= 0.6 is 0 Å². The molecule has 2 aromatic carbocycles. The van der Waals surface area contributed by atoms with Crippen LogP contribution in [0.15, 0.2) is 42.5 Å². The number of amides is 2. The smallest absolute Gasteiger partial charge is 0.251 e. The second-order valence-corrected chi connectivity index (χ2v) is 6.12. The van der Waals surface area contributed by atoms with E-state index in [2.05, 4.69) is 36.6 Å². The first-order valence-corrected chi connectivity index (χ1v) is 8.25. The first kappa shape index (κ1) is 18.5. The third kappa shape index (κ3) is 5.05. The van der Waals surface area contributed by atoms with Gasteiger partial charge in [0.15, 0.2) is 0 Å². The van der Waals surface area contributed by atoms with E-state index < -0.39 is 0 Å². The Morgan fingerprint density at radius 2 is 1.72 bits per heavy atom. The van der Waals surface area contributed by atoms with Crippen molar-refractivity contribution < 1.29 is 9.59 Å². The van der Waals surface area contributed by atoms with Crippen LogP contribution in [0.1, 0.15) is 38.2 Å². The summed E-state index contributed by atoms with van der Waals surface area (Å²) in [4.78, 5) is 23.7. The molecule has 4 heteroatoms. The Morgan fingerprint density at radius 1 is 1.00 bits per heavy atom. The molecule has 2 N–H and O–H groups in total. The van der Waals surface area contributed by atoms with Gasteiger partial charge in [-0.2, -0.15) is 0 Å². The Kier molecular flexibility index (Phi) is 6.12. The van der Waals surface area contributed by atoms with Crippen LogP contribution < -0.4 is 10.6 Å². The predicted molar refractivity (Wildman–Crippen MR) is 101 cm³/mol. The molecule has 0 heterocycles. The molecule has 0 bridgehead atoms. The minimum atomic E-state index is -0.164. The lowest BCUT2D eigenvalue weighted by atomic mass is 10.0. The summed E-state index contributed by atoms with van der Waals surface area (Å²) in [5.41, 5.74) is 6.10. The molecule has 130 valence electrons. The van der Waals surface area contributed by atoms with E-state index in [1.807, 2.05) is 19.1 Å². The third-order valence-electron chi connectivity index (χ3n) is 4.18. The first-order chi connectivity index (χ1) is 11.9. The van der Waals surface area contributed by atoms with Gasteiger partial charge >= 0.3 is 0 Å². The van der Waals surface area contributed by atoms with Crippen molar-refractivity contribution in [1.29, 1.82) is 0 Å². The van der Waals surface area contributed by atoms with Crippen LogP contribution in [-0.4, -0.2) is 18.9 Å². The Balaban J connectivity index is 1.99. The van der Waals surface area contributed by atoms with Crippen LogP contribution in [0.3, 0.4) is 0 Å². The van der Waals surface area contributed by atoms with Gasteiger partial charge in [0.05, 0.1) is 0 Å². The lowest BCUT2D eigenvalue weighted by Gasteiger charge is -2.07. The molecule has 0 atom stereocenters. The van der Waals surface area contributed by atoms with Crippen LogP contribution in [0.25, 0.3) is 6.08 Å². The molecule has 0 aromatic heterocycles. The van der Waals surface area contributed by atoms with Crippen molar-refractivity contribution in [2.45, 2.75) is 27.3 Å². The fourth-order valence-corrected chi connectivity index (χ4v) is 2.54. The van der Waals surface area contributed by atoms with E-state index in [9.17, 15) is 9.59 Å². The van der Waals surface area contributed by atoms with Crippen LogP contribution in [0.5, 0.6) is 0 Å². The first-order valence-electron chi connectivity index (χ1n) is 8.25. The zero-order valence-corrected chi connectivity index (χ0v) is 15.1. The third-order valence-corrected chi connectivity index (χ3v) is 4.18. The molecule has 0 aliphatic rings. The fourth-order valence-electron chi connectivity index (χ4n) is 2.54. The summed E-state index contributed by atoms with van der Waals surface area (Å²) < 4.78 is 0. The molecule has 25 heavy (non-hydrogen) atoms. The lowest BCUT2D eigenvalue weighted by molar-refractivity contribution is -0.116. The number of benzene rings is 2. The maximum Gasteiger partial charge on any atom is 0.251 e. The number of rotatable bonds is 5. The molecule has 2 aromatic rings. The minimum absolute atomic E-state index is 0.140. The molecule has 0 unspecified atom stereocenters. The highest BCUT2D eigenvalue weighted by molar-refractivity contribution is 5.94. The van der Waals surface area contributed by atoms with E-state index in [4.69, 9.17) is 0 Å². The highest BCUT2D eigenvalue weighted by Crippen LogP contribution is 2.16.